The second kappa shape index (κ2) is 7.36. The number of rotatable bonds is 5. The van der Waals surface area contributed by atoms with Crippen LogP contribution in [0, 0.1) is 20.8 Å². The molecular formula is C20H19N5OS. The average molecular weight is 377 g/mol. The third-order valence-electron chi connectivity index (χ3n) is 4.31. The minimum absolute atomic E-state index is 0.540. The fourth-order valence-electron chi connectivity index (χ4n) is 2.76. The molecule has 0 spiro atoms. The van der Waals surface area contributed by atoms with E-state index in [1.54, 1.807) is 6.92 Å². The Hall–Kier alpha value is -2.93. The van der Waals surface area contributed by atoms with Gasteiger partial charge in [-0.05, 0) is 37.1 Å². The van der Waals surface area contributed by atoms with Crippen molar-refractivity contribution >= 4 is 11.8 Å². The lowest BCUT2D eigenvalue weighted by molar-refractivity contribution is 0.485. The Morgan fingerprint density at radius 1 is 0.889 bits per heavy atom. The van der Waals surface area contributed by atoms with Gasteiger partial charge in [-0.3, -0.25) is 4.57 Å². The zero-order valence-electron chi connectivity index (χ0n) is 15.4. The molecule has 0 N–H and O–H groups in total. The van der Waals surface area contributed by atoms with Gasteiger partial charge in [0.15, 0.2) is 11.0 Å². The predicted molar refractivity (Wildman–Crippen MR) is 105 cm³/mol. The molecule has 136 valence electrons. The van der Waals surface area contributed by atoms with E-state index in [9.17, 15) is 0 Å². The molecule has 0 saturated heterocycles. The van der Waals surface area contributed by atoms with E-state index in [0.717, 1.165) is 22.2 Å². The van der Waals surface area contributed by atoms with Crippen molar-refractivity contribution in [2.75, 3.05) is 0 Å². The Balaban J connectivity index is 1.76. The molecule has 6 nitrogen and oxygen atoms in total. The maximum atomic E-state index is 5.48. The molecule has 0 radical (unpaired) electrons. The number of aryl methyl sites for hydroxylation is 3. The van der Waals surface area contributed by atoms with Crippen molar-refractivity contribution in [3.8, 4) is 17.1 Å². The molecule has 4 aromatic rings. The van der Waals surface area contributed by atoms with Gasteiger partial charge < -0.3 is 4.42 Å². The van der Waals surface area contributed by atoms with Crippen LogP contribution < -0.4 is 0 Å². The number of aromatic nitrogens is 5. The standard InChI is InChI=1S/C20H19N5OS/c1-13-9-10-17(11-14(13)2)25-19(16-7-5-4-6-8-16)23-24-20(25)27-12-18-22-21-15(3)26-18/h4-11H,12H2,1-3H3. The first-order valence-corrected chi connectivity index (χ1v) is 9.60. The van der Waals surface area contributed by atoms with Crippen molar-refractivity contribution < 1.29 is 4.42 Å². The molecule has 4 rings (SSSR count). The molecule has 0 bridgehead atoms. The van der Waals surface area contributed by atoms with Gasteiger partial charge in [-0.15, -0.1) is 20.4 Å². The SMILES string of the molecule is Cc1nnc(CSc2nnc(-c3ccccc3)n2-c2ccc(C)c(C)c2)o1. The van der Waals surface area contributed by atoms with E-state index in [2.05, 4.69) is 57.0 Å². The molecule has 0 fully saturated rings. The molecule has 0 saturated carbocycles. The van der Waals surface area contributed by atoms with Crippen LogP contribution in [-0.2, 0) is 5.75 Å². The normalized spacial score (nSPS) is 11.1. The summed E-state index contributed by atoms with van der Waals surface area (Å²) in [6, 6.07) is 16.5. The maximum Gasteiger partial charge on any atom is 0.226 e. The van der Waals surface area contributed by atoms with Crippen LogP contribution >= 0.6 is 11.8 Å². The Morgan fingerprint density at radius 3 is 2.41 bits per heavy atom. The monoisotopic (exact) mass is 377 g/mol. The van der Waals surface area contributed by atoms with E-state index in [4.69, 9.17) is 4.42 Å². The minimum Gasteiger partial charge on any atom is -0.425 e. The second-order valence-electron chi connectivity index (χ2n) is 6.28. The van der Waals surface area contributed by atoms with Crippen LogP contribution in [0.5, 0.6) is 0 Å². The summed E-state index contributed by atoms with van der Waals surface area (Å²) in [5.41, 5.74) is 4.53. The highest BCUT2D eigenvalue weighted by atomic mass is 32.2. The Labute approximate surface area is 161 Å². The molecule has 0 aliphatic carbocycles. The Morgan fingerprint density at radius 2 is 1.70 bits per heavy atom. The highest BCUT2D eigenvalue weighted by Gasteiger charge is 2.17. The van der Waals surface area contributed by atoms with Crippen molar-refractivity contribution in [2.24, 2.45) is 0 Å². The van der Waals surface area contributed by atoms with Crippen molar-refractivity contribution in [2.45, 2.75) is 31.7 Å². The molecule has 0 aliphatic rings. The first kappa shape index (κ1) is 17.5. The molecule has 2 aromatic carbocycles. The van der Waals surface area contributed by atoms with Crippen LogP contribution in [0.1, 0.15) is 22.9 Å². The molecule has 0 unspecified atom stereocenters. The van der Waals surface area contributed by atoms with Gasteiger partial charge in [-0.1, -0.05) is 48.2 Å². The van der Waals surface area contributed by atoms with E-state index < -0.39 is 0 Å². The van der Waals surface area contributed by atoms with Gasteiger partial charge in [-0.2, -0.15) is 0 Å². The van der Waals surface area contributed by atoms with Crippen molar-refractivity contribution in [3.63, 3.8) is 0 Å². The van der Waals surface area contributed by atoms with Crippen molar-refractivity contribution in [1.29, 1.82) is 0 Å². The molecule has 0 aliphatic heterocycles. The zero-order valence-corrected chi connectivity index (χ0v) is 16.2. The summed E-state index contributed by atoms with van der Waals surface area (Å²) in [7, 11) is 0. The third kappa shape index (κ3) is 3.64. The number of thioether (sulfide) groups is 1. The summed E-state index contributed by atoms with van der Waals surface area (Å²) in [5, 5.41) is 17.6. The summed E-state index contributed by atoms with van der Waals surface area (Å²) >= 11 is 1.53. The molecule has 2 heterocycles. The Bertz CT molecular complexity index is 1070. The summed E-state index contributed by atoms with van der Waals surface area (Å²) in [5.74, 6) is 2.49. The summed E-state index contributed by atoms with van der Waals surface area (Å²) in [4.78, 5) is 0. The summed E-state index contributed by atoms with van der Waals surface area (Å²) < 4.78 is 7.56. The highest BCUT2D eigenvalue weighted by molar-refractivity contribution is 7.98. The van der Waals surface area contributed by atoms with Crippen LogP contribution in [0.3, 0.4) is 0 Å². The largest absolute Gasteiger partial charge is 0.425 e. The lowest BCUT2D eigenvalue weighted by Crippen LogP contribution is -2.01. The average Bonchev–Trinajstić information content (AvgIpc) is 3.29. The first-order chi connectivity index (χ1) is 13.1. The molecule has 2 aromatic heterocycles. The lowest BCUT2D eigenvalue weighted by atomic mass is 10.1. The fraction of sp³-hybridized carbons (Fsp3) is 0.200. The fourth-order valence-corrected chi connectivity index (χ4v) is 3.55. The summed E-state index contributed by atoms with van der Waals surface area (Å²) in [6.45, 7) is 6.00. The van der Waals surface area contributed by atoms with Crippen LogP contribution in [-0.4, -0.2) is 25.0 Å². The van der Waals surface area contributed by atoms with Gasteiger partial charge in [0.25, 0.3) is 0 Å². The maximum absolute atomic E-state index is 5.48. The number of hydrogen-bond acceptors (Lipinski definition) is 6. The topological polar surface area (TPSA) is 69.6 Å². The number of benzene rings is 2. The minimum atomic E-state index is 0.540. The highest BCUT2D eigenvalue weighted by Crippen LogP contribution is 2.30. The Kier molecular flexibility index (Phi) is 4.77. The molecule has 0 amide bonds. The van der Waals surface area contributed by atoms with Gasteiger partial charge >= 0.3 is 0 Å². The summed E-state index contributed by atoms with van der Waals surface area (Å²) in [6.07, 6.45) is 0. The van der Waals surface area contributed by atoms with Gasteiger partial charge in [0.2, 0.25) is 11.8 Å². The van der Waals surface area contributed by atoms with Gasteiger partial charge in [-0.25, -0.2) is 0 Å². The van der Waals surface area contributed by atoms with E-state index in [1.165, 1.54) is 22.9 Å². The second-order valence-corrected chi connectivity index (χ2v) is 7.22. The van der Waals surface area contributed by atoms with Crippen molar-refractivity contribution in [3.05, 3.63) is 71.4 Å². The van der Waals surface area contributed by atoms with Crippen LogP contribution in [0.4, 0.5) is 0 Å². The number of nitrogens with zero attached hydrogens (tertiary/aromatic N) is 5. The third-order valence-corrected chi connectivity index (χ3v) is 5.22. The first-order valence-electron chi connectivity index (χ1n) is 8.62. The van der Waals surface area contributed by atoms with Gasteiger partial charge in [0.05, 0.1) is 11.4 Å². The molecular weight excluding hydrogens is 358 g/mol. The van der Waals surface area contributed by atoms with E-state index in [-0.39, 0.29) is 0 Å². The number of hydrogen-bond donors (Lipinski definition) is 0. The van der Waals surface area contributed by atoms with Crippen LogP contribution in [0.2, 0.25) is 0 Å². The van der Waals surface area contributed by atoms with E-state index >= 15 is 0 Å². The van der Waals surface area contributed by atoms with E-state index in [0.29, 0.717) is 17.5 Å². The smallest absolute Gasteiger partial charge is 0.226 e. The van der Waals surface area contributed by atoms with E-state index in [1.807, 2.05) is 30.3 Å². The van der Waals surface area contributed by atoms with Crippen molar-refractivity contribution in [1.82, 2.24) is 25.0 Å². The van der Waals surface area contributed by atoms with Gasteiger partial charge in [0.1, 0.15) is 0 Å². The van der Waals surface area contributed by atoms with Gasteiger partial charge in [0, 0.05) is 12.5 Å². The molecule has 27 heavy (non-hydrogen) atoms. The quantitative estimate of drug-likeness (QED) is 0.476. The molecule has 7 heteroatoms. The predicted octanol–water partition coefficient (Wildman–Crippen LogP) is 4.53. The van der Waals surface area contributed by atoms with Crippen LogP contribution in [0.25, 0.3) is 17.1 Å². The molecule has 0 atom stereocenters. The van der Waals surface area contributed by atoms with Crippen LogP contribution in [0.15, 0.2) is 58.1 Å². The lowest BCUT2D eigenvalue weighted by Gasteiger charge is -2.12. The zero-order chi connectivity index (χ0) is 18.8.